The van der Waals surface area contributed by atoms with Gasteiger partial charge in [0, 0.05) is 35.8 Å². The van der Waals surface area contributed by atoms with Crippen LogP contribution in [0, 0.1) is 32.1 Å². The molecule has 0 bridgehead atoms. The Kier molecular flexibility index (Phi) is 9.42. The minimum atomic E-state index is -1.85. The van der Waals surface area contributed by atoms with Crippen molar-refractivity contribution in [2.75, 3.05) is 0 Å². The molecule has 0 saturated heterocycles. The third-order valence-electron chi connectivity index (χ3n) is 6.74. The number of hydrogen-bond acceptors (Lipinski definition) is 8. The van der Waals surface area contributed by atoms with Crippen LogP contribution in [0.25, 0.3) is 0 Å². The molecule has 2 aliphatic carbocycles. The fraction of sp³-hybridized carbons (Fsp3) is 0.810. The first-order valence-electron chi connectivity index (χ1n) is 11.4. The first kappa shape index (κ1) is 26.3. The van der Waals surface area contributed by atoms with Gasteiger partial charge in [-0.3, -0.25) is 39.4 Å². The highest BCUT2D eigenvalue weighted by molar-refractivity contribution is 6.03. The van der Waals surface area contributed by atoms with Crippen LogP contribution >= 0.6 is 0 Å². The van der Waals surface area contributed by atoms with Crippen molar-refractivity contribution >= 4 is 23.4 Å². The molecule has 0 heterocycles. The molecule has 2 N–H and O–H groups in total. The fourth-order valence-electron chi connectivity index (χ4n) is 4.97. The first-order chi connectivity index (χ1) is 15.5. The maximum Gasteiger partial charge on any atom is 0.346 e. The maximum atomic E-state index is 12.1. The summed E-state index contributed by atoms with van der Waals surface area (Å²) in [5.74, 6) is -2.31. The number of rotatable bonds is 10. The number of hydrogen-bond donors (Lipinski definition) is 2. The van der Waals surface area contributed by atoms with Crippen molar-refractivity contribution < 1.29 is 29.0 Å². The van der Waals surface area contributed by atoms with Gasteiger partial charge in [-0.1, -0.05) is 0 Å². The summed E-state index contributed by atoms with van der Waals surface area (Å²) in [6.45, 7) is 2.07. The summed E-state index contributed by atoms with van der Waals surface area (Å²) in [6, 6.07) is -4.04. The summed E-state index contributed by atoms with van der Waals surface area (Å²) in [4.78, 5) is 66.9. The standard InChI is InChI=1S/C21H32N4O8/c1-12(26)18(24(30)31)20(28)22-16-7-3-14(4-8-16)11-15-5-9-17(10-6-15)23-21(29)19(13(2)27)25(32)33/h14-19H,3-11H2,1-2H3,(H,22,28)(H,23,29). The number of carbonyl (C=O) groups is 4. The van der Waals surface area contributed by atoms with Crippen LogP contribution in [-0.4, -0.2) is 57.4 Å². The van der Waals surface area contributed by atoms with Crippen LogP contribution < -0.4 is 10.6 Å². The molecular formula is C21H32N4O8. The molecule has 0 aromatic heterocycles. The highest BCUT2D eigenvalue weighted by Crippen LogP contribution is 2.35. The summed E-state index contributed by atoms with van der Waals surface area (Å²) < 4.78 is 0. The lowest BCUT2D eigenvalue weighted by Crippen LogP contribution is -2.49. The Bertz CT molecular complexity index is 693. The average molecular weight is 469 g/mol. The van der Waals surface area contributed by atoms with E-state index in [1.807, 2.05) is 0 Å². The van der Waals surface area contributed by atoms with Gasteiger partial charge in [0.15, 0.2) is 0 Å². The van der Waals surface area contributed by atoms with Gasteiger partial charge in [0.1, 0.15) is 0 Å². The Labute approximate surface area is 191 Å². The lowest BCUT2D eigenvalue weighted by atomic mass is 9.75. The fourth-order valence-corrected chi connectivity index (χ4v) is 4.97. The number of nitrogens with zero attached hydrogens (tertiary/aromatic N) is 2. The summed E-state index contributed by atoms with van der Waals surface area (Å²) >= 11 is 0. The second-order valence-corrected chi connectivity index (χ2v) is 9.29. The molecule has 0 aromatic rings. The van der Waals surface area contributed by atoms with E-state index in [9.17, 15) is 39.4 Å². The quantitative estimate of drug-likeness (QED) is 0.272. The van der Waals surface area contributed by atoms with Crippen LogP contribution in [0.5, 0.6) is 0 Å². The Morgan fingerprint density at radius 3 is 1.24 bits per heavy atom. The third kappa shape index (κ3) is 7.57. The van der Waals surface area contributed by atoms with Crippen molar-refractivity contribution in [3.05, 3.63) is 20.2 Å². The summed E-state index contributed by atoms with van der Waals surface area (Å²) in [7, 11) is 0. The molecule has 0 aliphatic heterocycles. The van der Waals surface area contributed by atoms with Gasteiger partial charge in [0.05, 0.1) is 0 Å². The molecular weight excluding hydrogens is 436 g/mol. The van der Waals surface area contributed by atoms with E-state index in [4.69, 9.17) is 0 Å². The van der Waals surface area contributed by atoms with Gasteiger partial charge in [0.2, 0.25) is 11.6 Å². The predicted octanol–water partition coefficient (Wildman–Crippen LogP) is 1.20. The van der Waals surface area contributed by atoms with E-state index in [0.717, 1.165) is 46.0 Å². The average Bonchev–Trinajstić information content (AvgIpc) is 2.69. The van der Waals surface area contributed by atoms with E-state index in [-0.39, 0.29) is 12.1 Å². The van der Waals surface area contributed by atoms with Crippen molar-refractivity contribution in [3.63, 3.8) is 0 Å². The Morgan fingerprint density at radius 2 is 1.00 bits per heavy atom. The van der Waals surface area contributed by atoms with E-state index in [0.29, 0.717) is 37.5 Å². The summed E-state index contributed by atoms with van der Waals surface area (Å²) in [6.07, 6.45) is 7.37. The van der Waals surface area contributed by atoms with Crippen LogP contribution in [0.1, 0.15) is 71.6 Å². The Hall–Kier alpha value is -2.92. The number of nitro groups is 2. The number of carbonyl (C=O) groups excluding carboxylic acids is 4. The zero-order valence-corrected chi connectivity index (χ0v) is 19.0. The minimum absolute atomic E-state index is 0.169. The second-order valence-electron chi connectivity index (χ2n) is 9.29. The topological polar surface area (TPSA) is 179 Å². The van der Waals surface area contributed by atoms with Crippen LogP contribution in [0.15, 0.2) is 0 Å². The van der Waals surface area contributed by atoms with E-state index in [2.05, 4.69) is 10.6 Å². The smallest absolute Gasteiger partial charge is 0.346 e. The molecule has 2 atom stereocenters. The zero-order chi connectivity index (χ0) is 24.7. The van der Waals surface area contributed by atoms with Crippen molar-refractivity contribution in [1.82, 2.24) is 10.6 Å². The molecule has 2 fully saturated rings. The number of nitrogens with one attached hydrogen (secondary N) is 2. The number of Topliss-reactive ketones (excluding diaryl/α,β-unsaturated/α-hetero) is 2. The largest absolute Gasteiger partial charge is 0.347 e. The first-order valence-corrected chi connectivity index (χ1v) is 11.4. The normalized spacial score (nSPS) is 27.0. The highest BCUT2D eigenvalue weighted by atomic mass is 16.6. The molecule has 2 aliphatic rings. The Morgan fingerprint density at radius 1 is 0.697 bits per heavy atom. The molecule has 2 amide bonds. The van der Waals surface area contributed by atoms with Crippen molar-refractivity contribution in [3.8, 4) is 0 Å². The van der Waals surface area contributed by atoms with Gasteiger partial charge < -0.3 is 10.6 Å². The molecule has 2 rings (SSSR count). The molecule has 12 nitrogen and oxygen atoms in total. The Balaban J connectivity index is 1.72. The molecule has 33 heavy (non-hydrogen) atoms. The third-order valence-corrected chi connectivity index (χ3v) is 6.74. The van der Waals surface area contributed by atoms with Crippen LogP contribution in [0.3, 0.4) is 0 Å². The molecule has 0 spiro atoms. The summed E-state index contributed by atoms with van der Waals surface area (Å²) in [5.41, 5.74) is 0. The van der Waals surface area contributed by atoms with Gasteiger partial charge in [-0.15, -0.1) is 0 Å². The molecule has 184 valence electrons. The molecule has 2 unspecified atom stereocenters. The monoisotopic (exact) mass is 468 g/mol. The van der Waals surface area contributed by atoms with Gasteiger partial charge >= 0.3 is 23.9 Å². The van der Waals surface area contributed by atoms with Crippen LogP contribution in [0.2, 0.25) is 0 Å². The molecule has 2 saturated carbocycles. The summed E-state index contributed by atoms with van der Waals surface area (Å²) in [5, 5.41) is 27.1. The van der Waals surface area contributed by atoms with Crippen LogP contribution in [0.4, 0.5) is 0 Å². The van der Waals surface area contributed by atoms with Crippen molar-refractivity contribution in [2.45, 2.75) is 95.8 Å². The van der Waals surface area contributed by atoms with Gasteiger partial charge in [-0.05, 0) is 69.6 Å². The highest BCUT2D eigenvalue weighted by Gasteiger charge is 2.38. The minimum Gasteiger partial charge on any atom is -0.347 e. The molecule has 0 aromatic carbocycles. The van der Waals surface area contributed by atoms with E-state index in [1.54, 1.807) is 0 Å². The van der Waals surface area contributed by atoms with Gasteiger partial charge in [0.25, 0.3) is 0 Å². The van der Waals surface area contributed by atoms with Gasteiger partial charge in [-0.2, -0.15) is 0 Å². The lowest BCUT2D eigenvalue weighted by Gasteiger charge is -2.34. The van der Waals surface area contributed by atoms with Crippen molar-refractivity contribution in [1.29, 1.82) is 0 Å². The second kappa shape index (κ2) is 11.8. The predicted molar refractivity (Wildman–Crippen MR) is 115 cm³/mol. The number of amides is 2. The van der Waals surface area contributed by atoms with E-state index in [1.165, 1.54) is 0 Å². The maximum absolute atomic E-state index is 12.1. The number of ketones is 2. The van der Waals surface area contributed by atoms with Crippen molar-refractivity contribution in [2.24, 2.45) is 11.8 Å². The zero-order valence-electron chi connectivity index (χ0n) is 19.0. The van der Waals surface area contributed by atoms with E-state index >= 15 is 0 Å². The lowest BCUT2D eigenvalue weighted by molar-refractivity contribution is -0.493. The van der Waals surface area contributed by atoms with Crippen LogP contribution in [-0.2, 0) is 19.2 Å². The van der Waals surface area contributed by atoms with Gasteiger partial charge in [-0.25, -0.2) is 0 Å². The molecule has 12 heteroatoms. The van der Waals surface area contributed by atoms with E-state index < -0.39 is 45.3 Å². The SMILES string of the molecule is CC(=O)C(C(=O)NC1CCC(CC2CCC(NC(=O)C(C(C)=O)[N+](=O)[O-])CC2)CC1)[N+](=O)[O-]. The molecule has 0 radical (unpaired) electrons.